The van der Waals surface area contributed by atoms with Crippen LogP contribution in [0.1, 0.15) is 22.2 Å². The molecule has 1 amide bonds. The van der Waals surface area contributed by atoms with E-state index in [2.05, 4.69) is 4.98 Å². The number of methoxy groups -OCH3 is 1. The molecule has 0 radical (unpaired) electrons. The van der Waals surface area contributed by atoms with Gasteiger partial charge in [0.05, 0.1) is 13.7 Å². The fraction of sp³-hybridized carbons (Fsp3) is 0.286. The molecule has 0 N–H and O–H groups in total. The Bertz CT molecular complexity index is 540. The normalized spacial score (nSPS) is 10.2. The first-order valence-corrected chi connectivity index (χ1v) is 6.95. The summed E-state index contributed by atoms with van der Waals surface area (Å²) in [6.07, 6.45) is 1.62. The number of ether oxygens (including phenoxy) is 1. The van der Waals surface area contributed by atoms with Crippen LogP contribution >= 0.6 is 11.3 Å². The molecule has 4 nitrogen and oxygen atoms in total. The first-order chi connectivity index (χ1) is 9.26. The van der Waals surface area contributed by atoms with Gasteiger partial charge in [0.2, 0.25) is 5.88 Å². The van der Waals surface area contributed by atoms with E-state index in [0.717, 1.165) is 4.88 Å². The van der Waals surface area contributed by atoms with E-state index in [-0.39, 0.29) is 5.91 Å². The Labute approximate surface area is 116 Å². The number of nitrogens with zero attached hydrogens (tertiary/aromatic N) is 2. The maximum absolute atomic E-state index is 12.5. The van der Waals surface area contributed by atoms with Gasteiger partial charge in [0.25, 0.3) is 5.91 Å². The highest BCUT2D eigenvalue weighted by Gasteiger charge is 2.19. The van der Waals surface area contributed by atoms with Gasteiger partial charge in [-0.3, -0.25) is 4.79 Å². The van der Waals surface area contributed by atoms with Crippen LogP contribution in [-0.4, -0.2) is 29.4 Å². The van der Waals surface area contributed by atoms with E-state index in [9.17, 15) is 4.79 Å². The minimum absolute atomic E-state index is 0.0548. The lowest BCUT2D eigenvalue weighted by atomic mass is 10.2. The number of thiophene rings is 1. The fourth-order valence-corrected chi connectivity index (χ4v) is 2.52. The van der Waals surface area contributed by atoms with Crippen LogP contribution in [0.15, 0.2) is 35.8 Å². The predicted molar refractivity (Wildman–Crippen MR) is 75.5 cm³/mol. The lowest BCUT2D eigenvalue weighted by Crippen LogP contribution is -2.30. The van der Waals surface area contributed by atoms with Crippen molar-refractivity contribution < 1.29 is 9.53 Å². The highest BCUT2D eigenvalue weighted by atomic mass is 32.1. The van der Waals surface area contributed by atoms with Gasteiger partial charge >= 0.3 is 0 Å². The van der Waals surface area contributed by atoms with E-state index in [1.54, 1.807) is 34.6 Å². The van der Waals surface area contributed by atoms with Crippen molar-refractivity contribution in [2.45, 2.75) is 13.5 Å². The summed E-state index contributed by atoms with van der Waals surface area (Å²) in [7, 11) is 1.52. The molecule has 0 fully saturated rings. The van der Waals surface area contributed by atoms with Gasteiger partial charge in [-0.25, -0.2) is 4.98 Å². The van der Waals surface area contributed by atoms with E-state index in [0.29, 0.717) is 24.5 Å². The third-order valence-electron chi connectivity index (χ3n) is 2.79. The van der Waals surface area contributed by atoms with E-state index < -0.39 is 0 Å². The molecule has 0 unspecified atom stereocenters. The van der Waals surface area contributed by atoms with Crippen LogP contribution < -0.4 is 4.74 Å². The number of aromatic nitrogens is 1. The van der Waals surface area contributed by atoms with Gasteiger partial charge in [0.15, 0.2) is 0 Å². The Balaban J connectivity index is 2.20. The topological polar surface area (TPSA) is 42.4 Å². The molecule has 5 heteroatoms. The first kappa shape index (κ1) is 13.5. The molecule has 2 heterocycles. The Hall–Kier alpha value is -1.88. The second-order valence-electron chi connectivity index (χ2n) is 3.96. The van der Waals surface area contributed by atoms with Crippen molar-refractivity contribution in [2.24, 2.45) is 0 Å². The molecule has 2 rings (SSSR count). The Morgan fingerprint density at radius 2 is 2.26 bits per heavy atom. The summed E-state index contributed by atoms with van der Waals surface area (Å²) >= 11 is 1.65. The lowest BCUT2D eigenvalue weighted by Gasteiger charge is -2.20. The second kappa shape index (κ2) is 6.33. The van der Waals surface area contributed by atoms with Crippen LogP contribution in [-0.2, 0) is 6.54 Å². The summed E-state index contributed by atoms with van der Waals surface area (Å²) in [5.41, 5.74) is 0.503. The Morgan fingerprint density at radius 3 is 2.89 bits per heavy atom. The number of rotatable bonds is 5. The van der Waals surface area contributed by atoms with Crippen molar-refractivity contribution in [1.29, 1.82) is 0 Å². The maximum atomic E-state index is 12.5. The molecule has 0 aliphatic rings. The molecule has 0 aliphatic heterocycles. The monoisotopic (exact) mass is 276 g/mol. The van der Waals surface area contributed by atoms with Crippen molar-refractivity contribution in [1.82, 2.24) is 9.88 Å². The summed E-state index contributed by atoms with van der Waals surface area (Å²) in [5, 5.41) is 2.01. The van der Waals surface area contributed by atoms with Crippen LogP contribution in [0.4, 0.5) is 0 Å². The number of hydrogen-bond acceptors (Lipinski definition) is 4. The zero-order chi connectivity index (χ0) is 13.7. The highest BCUT2D eigenvalue weighted by molar-refractivity contribution is 7.09. The predicted octanol–water partition coefficient (Wildman–Crippen LogP) is 2.81. The van der Waals surface area contributed by atoms with Crippen LogP contribution in [0.2, 0.25) is 0 Å². The summed E-state index contributed by atoms with van der Waals surface area (Å²) in [6.45, 7) is 3.23. The van der Waals surface area contributed by atoms with Gasteiger partial charge in [0.1, 0.15) is 5.56 Å². The Kier molecular flexibility index (Phi) is 4.52. The van der Waals surface area contributed by atoms with E-state index in [4.69, 9.17) is 4.74 Å². The average Bonchev–Trinajstić information content (AvgIpc) is 2.97. The quantitative estimate of drug-likeness (QED) is 0.843. The second-order valence-corrected chi connectivity index (χ2v) is 4.99. The van der Waals surface area contributed by atoms with Crippen molar-refractivity contribution in [3.63, 3.8) is 0 Å². The van der Waals surface area contributed by atoms with Gasteiger partial charge in [0, 0.05) is 17.6 Å². The van der Waals surface area contributed by atoms with Gasteiger partial charge in [-0.2, -0.15) is 0 Å². The SMILES string of the molecule is CCN(Cc1cccs1)C(=O)c1cccnc1OC. The number of carbonyl (C=O) groups excluding carboxylic acids is 1. The zero-order valence-electron chi connectivity index (χ0n) is 11.0. The third-order valence-corrected chi connectivity index (χ3v) is 3.65. The molecule has 0 saturated heterocycles. The van der Waals surface area contributed by atoms with Crippen LogP contribution in [0.3, 0.4) is 0 Å². The largest absolute Gasteiger partial charge is 0.480 e. The summed E-state index contributed by atoms with van der Waals surface area (Å²) in [4.78, 5) is 19.5. The van der Waals surface area contributed by atoms with Crippen LogP contribution in [0.5, 0.6) is 5.88 Å². The van der Waals surface area contributed by atoms with Crippen molar-refractivity contribution in [3.8, 4) is 5.88 Å². The molecule has 0 atom stereocenters. The zero-order valence-corrected chi connectivity index (χ0v) is 11.8. The maximum Gasteiger partial charge on any atom is 0.259 e. The summed E-state index contributed by atoms with van der Waals surface area (Å²) in [5.74, 6) is 0.318. The number of pyridine rings is 1. The molecule has 0 bridgehead atoms. The van der Waals surface area contributed by atoms with Gasteiger partial charge in [-0.15, -0.1) is 11.3 Å². The van der Waals surface area contributed by atoms with Crippen LogP contribution in [0, 0.1) is 0 Å². The van der Waals surface area contributed by atoms with Crippen molar-refractivity contribution in [2.75, 3.05) is 13.7 Å². The lowest BCUT2D eigenvalue weighted by molar-refractivity contribution is 0.0750. The molecule has 0 spiro atoms. The molecule has 19 heavy (non-hydrogen) atoms. The van der Waals surface area contributed by atoms with Gasteiger partial charge in [-0.1, -0.05) is 6.07 Å². The van der Waals surface area contributed by atoms with E-state index in [1.165, 1.54) is 7.11 Å². The van der Waals surface area contributed by atoms with Gasteiger partial charge < -0.3 is 9.64 Å². The van der Waals surface area contributed by atoms with Crippen molar-refractivity contribution in [3.05, 3.63) is 46.3 Å². The summed E-state index contributed by atoms with van der Waals surface area (Å²) < 4.78 is 5.14. The fourth-order valence-electron chi connectivity index (χ4n) is 1.80. The number of carbonyl (C=O) groups is 1. The minimum Gasteiger partial charge on any atom is -0.480 e. The molecule has 0 aromatic carbocycles. The molecule has 2 aromatic rings. The Morgan fingerprint density at radius 1 is 1.42 bits per heavy atom. The standard InChI is InChI=1S/C14H16N2O2S/c1-3-16(10-11-6-5-9-19-11)14(17)12-7-4-8-15-13(12)18-2/h4-9H,3,10H2,1-2H3. The van der Waals surface area contributed by atoms with Gasteiger partial charge in [-0.05, 0) is 30.5 Å². The van der Waals surface area contributed by atoms with E-state index in [1.807, 2.05) is 24.4 Å². The molecular weight excluding hydrogens is 260 g/mol. The summed E-state index contributed by atoms with van der Waals surface area (Å²) in [6, 6.07) is 7.50. The first-order valence-electron chi connectivity index (χ1n) is 6.07. The smallest absolute Gasteiger partial charge is 0.259 e. The number of amides is 1. The molecular formula is C14H16N2O2S. The van der Waals surface area contributed by atoms with E-state index >= 15 is 0 Å². The number of hydrogen-bond donors (Lipinski definition) is 0. The van der Waals surface area contributed by atoms with Crippen molar-refractivity contribution >= 4 is 17.2 Å². The average molecular weight is 276 g/mol. The minimum atomic E-state index is -0.0548. The molecule has 2 aromatic heterocycles. The molecule has 0 aliphatic carbocycles. The highest BCUT2D eigenvalue weighted by Crippen LogP contribution is 2.19. The third kappa shape index (κ3) is 3.12. The molecule has 100 valence electrons. The molecule has 0 saturated carbocycles. The van der Waals surface area contributed by atoms with Crippen LogP contribution in [0.25, 0.3) is 0 Å².